The van der Waals surface area contributed by atoms with Crippen molar-refractivity contribution >= 4 is 12.0 Å². The maximum atomic E-state index is 12.3. The van der Waals surface area contributed by atoms with Gasteiger partial charge in [0.1, 0.15) is 0 Å². The zero-order valence-corrected chi connectivity index (χ0v) is 11.8. The highest BCUT2D eigenvalue weighted by molar-refractivity contribution is 5.75. The average molecular weight is 292 g/mol. The Morgan fingerprint density at radius 3 is 2.67 bits per heavy atom. The second kappa shape index (κ2) is 5.75. The topological polar surface area (TPSA) is 98.3 Å². The fourth-order valence-corrected chi connectivity index (χ4v) is 3.68. The zero-order valence-electron chi connectivity index (χ0n) is 11.8. The molecule has 0 aromatic carbocycles. The van der Waals surface area contributed by atoms with Gasteiger partial charge in [-0.15, -0.1) is 0 Å². The van der Waals surface area contributed by atoms with E-state index in [2.05, 4.69) is 15.3 Å². The van der Waals surface area contributed by atoms with Gasteiger partial charge in [0.05, 0.1) is 18.6 Å². The van der Waals surface area contributed by atoms with Gasteiger partial charge < -0.3 is 20.3 Å². The predicted molar refractivity (Wildman–Crippen MR) is 74.4 cm³/mol. The molecule has 2 aliphatic rings. The van der Waals surface area contributed by atoms with Gasteiger partial charge in [-0.25, -0.2) is 9.78 Å². The molecule has 1 aromatic heterocycles. The van der Waals surface area contributed by atoms with Gasteiger partial charge in [-0.05, 0) is 31.6 Å². The number of nitrogens with one attached hydrogen (secondary N) is 2. The monoisotopic (exact) mass is 292 g/mol. The lowest BCUT2D eigenvalue weighted by molar-refractivity contribution is -0.138. The molecule has 114 valence electrons. The Morgan fingerprint density at radius 1 is 1.38 bits per heavy atom. The number of aliphatic carboxylic acids is 1. The van der Waals surface area contributed by atoms with E-state index in [4.69, 9.17) is 5.11 Å². The maximum Gasteiger partial charge on any atom is 0.318 e. The molecule has 2 aliphatic heterocycles. The number of H-pyrrole nitrogens is 1. The number of amides is 2. The van der Waals surface area contributed by atoms with Crippen LogP contribution in [0.1, 0.15) is 37.8 Å². The number of hydrogen-bond donors (Lipinski definition) is 3. The van der Waals surface area contributed by atoms with Crippen molar-refractivity contribution in [3.8, 4) is 0 Å². The van der Waals surface area contributed by atoms with Crippen LogP contribution >= 0.6 is 0 Å². The lowest BCUT2D eigenvalue weighted by atomic mass is 9.88. The van der Waals surface area contributed by atoms with E-state index in [0.717, 1.165) is 31.4 Å². The summed E-state index contributed by atoms with van der Waals surface area (Å²) in [4.78, 5) is 32.0. The number of fused-ring (bicyclic) bond motifs is 2. The third-order valence-electron chi connectivity index (χ3n) is 4.51. The first-order valence-electron chi connectivity index (χ1n) is 7.38. The van der Waals surface area contributed by atoms with E-state index < -0.39 is 5.97 Å². The minimum atomic E-state index is -0.739. The summed E-state index contributed by atoms with van der Waals surface area (Å²) >= 11 is 0. The number of aromatic nitrogens is 2. The number of hydrogen-bond acceptors (Lipinski definition) is 3. The molecular weight excluding hydrogens is 272 g/mol. The van der Waals surface area contributed by atoms with Crippen molar-refractivity contribution in [2.24, 2.45) is 5.92 Å². The summed E-state index contributed by atoms with van der Waals surface area (Å²) in [5, 5.41) is 11.8. The molecule has 2 unspecified atom stereocenters. The van der Waals surface area contributed by atoms with Gasteiger partial charge in [0.2, 0.25) is 0 Å². The number of carbonyl (C=O) groups is 2. The molecule has 2 atom stereocenters. The van der Waals surface area contributed by atoms with Gasteiger partial charge in [0, 0.05) is 24.7 Å². The van der Waals surface area contributed by atoms with E-state index in [9.17, 15) is 9.59 Å². The van der Waals surface area contributed by atoms with Crippen molar-refractivity contribution in [2.45, 2.75) is 50.7 Å². The highest BCUT2D eigenvalue weighted by atomic mass is 16.4. The molecule has 0 saturated carbocycles. The number of aromatic amines is 1. The Hall–Kier alpha value is -2.05. The highest BCUT2D eigenvalue weighted by Crippen LogP contribution is 2.39. The second-order valence-electron chi connectivity index (χ2n) is 5.96. The van der Waals surface area contributed by atoms with Crippen LogP contribution in [0.5, 0.6) is 0 Å². The normalized spacial score (nSPS) is 27.6. The van der Waals surface area contributed by atoms with E-state index in [1.807, 2.05) is 4.90 Å². The summed E-state index contributed by atoms with van der Waals surface area (Å²) in [6, 6.07) is 0.329. The first-order valence-corrected chi connectivity index (χ1v) is 7.38. The largest absolute Gasteiger partial charge is 0.481 e. The highest BCUT2D eigenvalue weighted by Gasteiger charge is 2.43. The lowest BCUT2D eigenvalue weighted by Crippen LogP contribution is -2.50. The molecule has 7 heteroatoms. The van der Waals surface area contributed by atoms with Crippen molar-refractivity contribution in [1.29, 1.82) is 0 Å². The van der Waals surface area contributed by atoms with Crippen LogP contribution in [-0.4, -0.2) is 44.1 Å². The lowest BCUT2D eigenvalue weighted by Gasteiger charge is -2.38. The molecule has 0 aliphatic carbocycles. The molecule has 3 N–H and O–H groups in total. The summed E-state index contributed by atoms with van der Waals surface area (Å²) in [6.07, 6.45) is 7.07. The molecule has 2 amide bonds. The van der Waals surface area contributed by atoms with Gasteiger partial charge in [-0.3, -0.25) is 4.79 Å². The Balaban J connectivity index is 1.57. The molecule has 7 nitrogen and oxygen atoms in total. The standard InChI is InChI=1S/C14H20N4O3/c19-13(20)5-9-3-11-1-2-12(4-9)18(11)14(21)16-7-10-6-15-8-17-10/h6,8-9,11-12H,1-5,7H2,(H,15,17)(H,16,21)(H,19,20). The minimum absolute atomic E-state index is 0.0501. The van der Waals surface area contributed by atoms with Crippen LogP contribution in [0.25, 0.3) is 0 Å². The van der Waals surface area contributed by atoms with E-state index >= 15 is 0 Å². The van der Waals surface area contributed by atoms with E-state index in [-0.39, 0.29) is 30.5 Å². The molecular formula is C14H20N4O3. The van der Waals surface area contributed by atoms with Crippen molar-refractivity contribution in [1.82, 2.24) is 20.2 Å². The molecule has 3 rings (SSSR count). The van der Waals surface area contributed by atoms with Gasteiger partial charge >= 0.3 is 12.0 Å². The van der Waals surface area contributed by atoms with Crippen LogP contribution in [0.4, 0.5) is 4.79 Å². The van der Waals surface area contributed by atoms with Crippen molar-refractivity contribution in [2.75, 3.05) is 0 Å². The molecule has 2 fully saturated rings. The summed E-state index contributed by atoms with van der Waals surface area (Å²) < 4.78 is 0. The van der Waals surface area contributed by atoms with Gasteiger partial charge in [0.25, 0.3) is 0 Å². The molecule has 0 spiro atoms. The number of imidazole rings is 1. The number of urea groups is 1. The fourth-order valence-electron chi connectivity index (χ4n) is 3.68. The molecule has 1 aromatic rings. The number of carboxylic acids is 1. The van der Waals surface area contributed by atoms with E-state index in [1.165, 1.54) is 0 Å². The smallest absolute Gasteiger partial charge is 0.318 e. The van der Waals surface area contributed by atoms with Crippen LogP contribution in [0.3, 0.4) is 0 Å². The zero-order chi connectivity index (χ0) is 14.8. The Bertz CT molecular complexity index is 502. The third-order valence-corrected chi connectivity index (χ3v) is 4.51. The maximum absolute atomic E-state index is 12.3. The minimum Gasteiger partial charge on any atom is -0.481 e. The Labute approximate surface area is 122 Å². The van der Waals surface area contributed by atoms with Crippen LogP contribution < -0.4 is 5.32 Å². The quantitative estimate of drug-likeness (QED) is 0.780. The average Bonchev–Trinajstić information content (AvgIpc) is 3.02. The molecule has 3 heterocycles. The summed E-state index contributed by atoms with van der Waals surface area (Å²) in [5.41, 5.74) is 0.872. The summed E-state index contributed by atoms with van der Waals surface area (Å²) in [7, 11) is 0. The molecule has 2 bridgehead atoms. The number of carbonyl (C=O) groups excluding carboxylic acids is 1. The van der Waals surface area contributed by atoms with Gasteiger partial charge in [0.15, 0.2) is 0 Å². The fraction of sp³-hybridized carbons (Fsp3) is 0.643. The first kappa shape index (κ1) is 13.9. The van der Waals surface area contributed by atoms with Crippen molar-refractivity contribution in [3.05, 3.63) is 18.2 Å². The van der Waals surface area contributed by atoms with Gasteiger partial charge in [-0.2, -0.15) is 0 Å². The molecule has 0 radical (unpaired) electrons. The van der Waals surface area contributed by atoms with Crippen LogP contribution in [0.2, 0.25) is 0 Å². The summed E-state index contributed by atoms with van der Waals surface area (Å²) in [6.45, 7) is 0.438. The number of piperidine rings is 1. The van der Waals surface area contributed by atoms with E-state index in [0.29, 0.717) is 6.54 Å². The van der Waals surface area contributed by atoms with Crippen molar-refractivity contribution in [3.63, 3.8) is 0 Å². The molecule has 2 saturated heterocycles. The third kappa shape index (κ3) is 3.01. The Morgan fingerprint density at radius 2 is 2.10 bits per heavy atom. The van der Waals surface area contributed by atoms with Gasteiger partial charge in [-0.1, -0.05) is 0 Å². The number of nitrogens with zero attached hydrogens (tertiary/aromatic N) is 2. The van der Waals surface area contributed by atoms with Crippen LogP contribution in [0, 0.1) is 5.92 Å². The first-order chi connectivity index (χ1) is 10.1. The Kier molecular flexibility index (Phi) is 3.81. The number of rotatable bonds is 4. The van der Waals surface area contributed by atoms with E-state index in [1.54, 1.807) is 12.5 Å². The van der Waals surface area contributed by atoms with Crippen LogP contribution in [-0.2, 0) is 11.3 Å². The van der Waals surface area contributed by atoms with Crippen molar-refractivity contribution < 1.29 is 14.7 Å². The van der Waals surface area contributed by atoms with Crippen LogP contribution in [0.15, 0.2) is 12.5 Å². The predicted octanol–water partition coefficient (Wildman–Crippen LogP) is 1.34. The number of carboxylic acid groups (broad SMARTS) is 1. The molecule has 21 heavy (non-hydrogen) atoms. The summed E-state index contributed by atoms with van der Waals surface area (Å²) in [5.74, 6) is -0.534. The second-order valence-corrected chi connectivity index (χ2v) is 5.96. The SMILES string of the molecule is O=C(O)CC1CC2CCC(C1)N2C(=O)NCc1cnc[nH]1.